The van der Waals surface area contributed by atoms with Crippen molar-refractivity contribution in [2.45, 2.75) is 24.9 Å². The lowest BCUT2D eigenvalue weighted by atomic mass is 10.2. The molecule has 0 amide bonds. The number of fused-ring (bicyclic) bond motifs is 1. The first-order chi connectivity index (χ1) is 6.95. The van der Waals surface area contributed by atoms with Gasteiger partial charge in [-0.05, 0) is 16.6 Å². The molecule has 0 atom stereocenters. The summed E-state index contributed by atoms with van der Waals surface area (Å²) in [5, 5.41) is 3.17. The number of para-hydroxylation sites is 1. The summed E-state index contributed by atoms with van der Waals surface area (Å²) >= 11 is 0. The third-order valence-corrected chi connectivity index (χ3v) is 6.98. The molecule has 2 heteroatoms. The number of aromatic nitrogens is 1. The summed E-state index contributed by atoms with van der Waals surface area (Å²) in [6, 6.07) is 11.8. The molecule has 1 aromatic heterocycles. The van der Waals surface area contributed by atoms with Crippen molar-refractivity contribution in [2.24, 2.45) is 0 Å². The van der Waals surface area contributed by atoms with Gasteiger partial charge in [-0.1, -0.05) is 43.1 Å². The number of nitrogens with one attached hydrogen (secondary N) is 1. The maximum Gasteiger partial charge on any atom is 0.0736 e. The van der Waals surface area contributed by atoms with Crippen molar-refractivity contribution in [3.8, 4) is 0 Å². The fraction of sp³-hybridized carbons (Fsp3) is 0.333. The van der Waals surface area contributed by atoms with Gasteiger partial charge in [0.15, 0.2) is 0 Å². The molecule has 0 aliphatic carbocycles. The van der Waals surface area contributed by atoms with Crippen LogP contribution in [0.15, 0.2) is 30.5 Å². The molecule has 3 rings (SSSR count). The zero-order valence-electron chi connectivity index (χ0n) is 8.29. The van der Waals surface area contributed by atoms with E-state index in [1.54, 1.807) is 5.19 Å². The number of hydrogen-bond acceptors (Lipinski definition) is 0. The van der Waals surface area contributed by atoms with Gasteiger partial charge in [-0.25, -0.2) is 0 Å². The Morgan fingerprint density at radius 2 is 1.86 bits per heavy atom. The molecule has 72 valence electrons. The van der Waals surface area contributed by atoms with Crippen LogP contribution >= 0.6 is 0 Å². The molecular formula is C12H15NSi. The first kappa shape index (κ1) is 8.30. The van der Waals surface area contributed by atoms with Crippen LogP contribution in [0.3, 0.4) is 0 Å². The molecule has 1 aliphatic rings. The molecule has 1 saturated heterocycles. The van der Waals surface area contributed by atoms with Crippen molar-refractivity contribution in [2.75, 3.05) is 0 Å². The smallest absolute Gasteiger partial charge is 0.0736 e. The van der Waals surface area contributed by atoms with Gasteiger partial charge < -0.3 is 4.98 Å². The van der Waals surface area contributed by atoms with Gasteiger partial charge >= 0.3 is 0 Å². The Balaban J connectivity index is 2.11. The lowest BCUT2D eigenvalue weighted by Gasteiger charge is -2.04. The lowest BCUT2D eigenvalue weighted by Crippen LogP contribution is -2.25. The van der Waals surface area contributed by atoms with Crippen LogP contribution in [0.5, 0.6) is 0 Å². The summed E-state index contributed by atoms with van der Waals surface area (Å²) in [4.78, 5) is 3.40. The Hall–Kier alpha value is -1.02. The van der Waals surface area contributed by atoms with E-state index < -0.39 is 8.80 Å². The maximum absolute atomic E-state index is 3.40. The molecule has 1 aliphatic heterocycles. The molecule has 2 aromatic rings. The molecule has 0 bridgehead atoms. The molecule has 0 radical (unpaired) electrons. The number of benzene rings is 1. The van der Waals surface area contributed by atoms with Gasteiger partial charge in [-0.15, -0.1) is 0 Å². The van der Waals surface area contributed by atoms with Crippen LogP contribution in [0.2, 0.25) is 12.1 Å². The third kappa shape index (κ3) is 1.22. The van der Waals surface area contributed by atoms with Gasteiger partial charge in [0.25, 0.3) is 0 Å². The fourth-order valence-electron chi connectivity index (χ4n) is 2.67. The maximum atomic E-state index is 3.40. The zero-order valence-corrected chi connectivity index (χ0v) is 9.45. The number of H-pyrrole nitrogens is 1. The molecular weight excluding hydrogens is 186 g/mol. The minimum absolute atomic E-state index is 0.572. The van der Waals surface area contributed by atoms with Crippen molar-refractivity contribution in [1.82, 2.24) is 4.98 Å². The highest BCUT2D eigenvalue weighted by molar-refractivity contribution is 6.76. The van der Waals surface area contributed by atoms with Crippen LogP contribution in [0.1, 0.15) is 12.8 Å². The molecule has 1 N–H and O–H groups in total. The fourth-order valence-corrected chi connectivity index (χ4v) is 6.15. The molecule has 1 aromatic carbocycles. The molecule has 0 spiro atoms. The van der Waals surface area contributed by atoms with Crippen molar-refractivity contribution >= 4 is 24.9 Å². The third-order valence-electron chi connectivity index (χ3n) is 3.42. The van der Waals surface area contributed by atoms with Gasteiger partial charge in [-0.2, -0.15) is 0 Å². The molecule has 0 unspecified atom stereocenters. The van der Waals surface area contributed by atoms with E-state index in [2.05, 4.69) is 35.4 Å². The van der Waals surface area contributed by atoms with Gasteiger partial charge in [0.2, 0.25) is 0 Å². The van der Waals surface area contributed by atoms with Crippen LogP contribution in [0.25, 0.3) is 10.9 Å². The Kier molecular flexibility index (Phi) is 1.94. The predicted octanol–water partition coefficient (Wildman–Crippen LogP) is 2.40. The van der Waals surface area contributed by atoms with Crippen LogP contribution in [0, 0.1) is 0 Å². The van der Waals surface area contributed by atoms with E-state index >= 15 is 0 Å². The average molecular weight is 201 g/mol. The Morgan fingerprint density at radius 1 is 1.07 bits per heavy atom. The van der Waals surface area contributed by atoms with Gasteiger partial charge in [0, 0.05) is 11.7 Å². The van der Waals surface area contributed by atoms with Crippen molar-refractivity contribution in [1.29, 1.82) is 0 Å². The van der Waals surface area contributed by atoms with Gasteiger partial charge in [0.05, 0.1) is 8.80 Å². The topological polar surface area (TPSA) is 15.8 Å². The summed E-state index contributed by atoms with van der Waals surface area (Å²) in [5.74, 6) is 0. The minimum Gasteiger partial charge on any atom is -0.361 e. The van der Waals surface area contributed by atoms with E-state index in [-0.39, 0.29) is 0 Å². The highest BCUT2D eigenvalue weighted by atomic mass is 28.3. The van der Waals surface area contributed by atoms with Crippen LogP contribution in [-0.4, -0.2) is 13.8 Å². The average Bonchev–Trinajstić information content (AvgIpc) is 2.85. The molecule has 1 fully saturated rings. The molecule has 2 heterocycles. The van der Waals surface area contributed by atoms with Crippen molar-refractivity contribution in [3.05, 3.63) is 30.5 Å². The quantitative estimate of drug-likeness (QED) is 0.682. The second kappa shape index (κ2) is 3.28. The summed E-state index contributed by atoms with van der Waals surface area (Å²) in [7, 11) is -0.572. The highest BCUT2D eigenvalue weighted by Crippen LogP contribution is 2.21. The molecule has 1 nitrogen and oxygen atoms in total. The summed E-state index contributed by atoms with van der Waals surface area (Å²) < 4.78 is 0. The van der Waals surface area contributed by atoms with Crippen molar-refractivity contribution < 1.29 is 0 Å². The second-order valence-corrected chi connectivity index (χ2v) is 7.44. The van der Waals surface area contributed by atoms with E-state index in [1.807, 2.05) is 0 Å². The Labute approximate surface area is 85.8 Å². The lowest BCUT2D eigenvalue weighted by molar-refractivity contribution is 0.935. The summed E-state index contributed by atoms with van der Waals surface area (Å²) in [6.07, 6.45) is 5.21. The van der Waals surface area contributed by atoms with Crippen molar-refractivity contribution in [3.63, 3.8) is 0 Å². The zero-order chi connectivity index (χ0) is 9.38. The van der Waals surface area contributed by atoms with E-state index in [9.17, 15) is 0 Å². The first-order valence-electron chi connectivity index (χ1n) is 5.51. The van der Waals surface area contributed by atoms with Crippen LogP contribution in [0.4, 0.5) is 0 Å². The largest absolute Gasteiger partial charge is 0.361 e. The minimum atomic E-state index is -0.572. The monoisotopic (exact) mass is 201 g/mol. The van der Waals surface area contributed by atoms with Gasteiger partial charge in [-0.3, -0.25) is 0 Å². The Bertz CT molecular complexity index is 440. The first-order valence-corrected chi connectivity index (χ1v) is 7.72. The summed E-state index contributed by atoms with van der Waals surface area (Å²) in [5.41, 5.74) is 1.32. The van der Waals surface area contributed by atoms with Crippen LogP contribution < -0.4 is 5.19 Å². The second-order valence-electron chi connectivity index (χ2n) is 4.27. The van der Waals surface area contributed by atoms with E-state index in [4.69, 9.17) is 0 Å². The standard InChI is InChI=1S/C12H15NSi/c1-2-6-11-10(5-1)12(9-13-11)14-7-3-4-8-14/h1-2,5-6,9,13-14H,3-4,7-8H2. The van der Waals surface area contributed by atoms with E-state index in [1.165, 1.54) is 35.8 Å². The van der Waals surface area contributed by atoms with E-state index in [0.29, 0.717) is 0 Å². The molecule has 0 saturated carbocycles. The molecule has 14 heavy (non-hydrogen) atoms. The number of aromatic amines is 1. The number of hydrogen-bond donors (Lipinski definition) is 1. The Morgan fingerprint density at radius 3 is 2.71 bits per heavy atom. The summed E-state index contributed by atoms with van der Waals surface area (Å²) in [6.45, 7) is 0. The highest BCUT2D eigenvalue weighted by Gasteiger charge is 2.21. The normalized spacial score (nSPS) is 18.0. The SMILES string of the molecule is c1ccc2c([SiH]3CCCC3)c[nH]c2c1. The van der Waals surface area contributed by atoms with Crippen LogP contribution in [-0.2, 0) is 0 Å². The predicted molar refractivity (Wildman–Crippen MR) is 63.9 cm³/mol. The van der Waals surface area contributed by atoms with E-state index in [0.717, 1.165) is 0 Å². The van der Waals surface area contributed by atoms with Gasteiger partial charge in [0.1, 0.15) is 0 Å². The number of rotatable bonds is 1.